The summed E-state index contributed by atoms with van der Waals surface area (Å²) in [4.78, 5) is 25.3. The molecule has 0 unspecified atom stereocenters. The molecule has 0 bridgehead atoms. The Morgan fingerprint density at radius 3 is 2.68 bits per heavy atom. The highest BCUT2D eigenvalue weighted by Crippen LogP contribution is 2.37. The average Bonchev–Trinajstić information content (AvgIpc) is 3.14. The maximum Gasteiger partial charge on any atom is 0.261 e. The zero-order chi connectivity index (χ0) is 20.1. The Bertz CT molecular complexity index is 1110. The van der Waals surface area contributed by atoms with Gasteiger partial charge in [-0.3, -0.25) is 9.59 Å². The second-order valence-electron chi connectivity index (χ2n) is 6.22. The van der Waals surface area contributed by atoms with Crippen LogP contribution >= 0.6 is 11.3 Å². The lowest BCUT2D eigenvalue weighted by molar-refractivity contribution is 0.0956. The third-order valence-electron chi connectivity index (χ3n) is 4.38. The second kappa shape index (κ2) is 8.51. The largest absolute Gasteiger partial charge is 0.366 e. The van der Waals surface area contributed by atoms with Crippen molar-refractivity contribution in [2.45, 2.75) is 12.8 Å². The molecule has 1 aromatic heterocycles. The number of carbonyl (C=O) groups is 2. The van der Waals surface area contributed by atoms with Crippen LogP contribution in [0.3, 0.4) is 0 Å². The van der Waals surface area contributed by atoms with Crippen LogP contribution in [0, 0.1) is 11.3 Å². The normalized spacial score (nSPS) is 10.4. The standard InChI is InChI=1S/C22H19N3O2S/c1-2-3-4-11-25-22(27)19-12-14(13-23)20(28-19)17-9-5-8-16-15(17)7-6-10-18(16)21(24)26/h2,5-10,12H,1,3-4,11H2,(H2,24,26)(H,25,27). The first-order valence-corrected chi connectivity index (χ1v) is 9.63. The Hall–Kier alpha value is -3.43. The van der Waals surface area contributed by atoms with Gasteiger partial charge < -0.3 is 11.1 Å². The van der Waals surface area contributed by atoms with E-state index in [0.717, 1.165) is 29.2 Å². The van der Waals surface area contributed by atoms with E-state index < -0.39 is 5.91 Å². The van der Waals surface area contributed by atoms with Gasteiger partial charge in [0.2, 0.25) is 5.91 Å². The first kappa shape index (κ1) is 19.3. The quantitative estimate of drug-likeness (QED) is 0.467. The molecule has 0 radical (unpaired) electrons. The summed E-state index contributed by atoms with van der Waals surface area (Å²) in [6, 6.07) is 14.6. The van der Waals surface area contributed by atoms with E-state index in [9.17, 15) is 14.9 Å². The predicted molar refractivity (Wildman–Crippen MR) is 112 cm³/mol. The van der Waals surface area contributed by atoms with Gasteiger partial charge in [0.05, 0.1) is 15.3 Å². The fraction of sp³-hybridized carbons (Fsp3) is 0.136. The van der Waals surface area contributed by atoms with Gasteiger partial charge in [0, 0.05) is 17.7 Å². The highest BCUT2D eigenvalue weighted by Gasteiger charge is 2.18. The van der Waals surface area contributed by atoms with Gasteiger partial charge in [-0.1, -0.05) is 36.4 Å². The van der Waals surface area contributed by atoms with Gasteiger partial charge in [0.25, 0.3) is 5.91 Å². The van der Waals surface area contributed by atoms with Crippen molar-refractivity contribution in [3.63, 3.8) is 0 Å². The van der Waals surface area contributed by atoms with Crippen LogP contribution in [0.4, 0.5) is 0 Å². The number of fused-ring (bicyclic) bond motifs is 1. The van der Waals surface area contributed by atoms with E-state index >= 15 is 0 Å². The van der Waals surface area contributed by atoms with Gasteiger partial charge in [0.15, 0.2) is 0 Å². The summed E-state index contributed by atoms with van der Waals surface area (Å²) >= 11 is 1.27. The highest BCUT2D eigenvalue weighted by atomic mass is 32.1. The third-order valence-corrected chi connectivity index (χ3v) is 5.55. The van der Waals surface area contributed by atoms with Crippen LogP contribution in [0.5, 0.6) is 0 Å². The lowest BCUT2D eigenvalue weighted by atomic mass is 9.98. The summed E-state index contributed by atoms with van der Waals surface area (Å²) in [5.41, 5.74) is 7.14. The Morgan fingerprint density at radius 2 is 1.96 bits per heavy atom. The third kappa shape index (κ3) is 3.80. The summed E-state index contributed by atoms with van der Waals surface area (Å²) in [6.07, 6.45) is 3.46. The van der Waals surface area contributed by atoms with Gasteiger partial charge in [-0.25, -0.2) is 0 Å². The molecular formula is C22H19N3O2S. The van der Waals surface area contributed by atoms with Crippen molar-refractivity contribution in [1.82, 2.24) is 5.32 Å². The number of amides is 2. The number of unbranched alkanes of at least 4 members (excludes halogenated alkanes) is 1. The number of carbonyl (C=O) groups excluding carboxylic acids is 2. The molecule has 2 aromatic carbocycles. The summed E-state index contributed by atoms with van der Waals surface area (Å²) in [6.45, 7) is 4.21. The number of nitriles is 1. The van der Waals surface area contributed by atoms with Crippen LogP contribution in [-0.4, -0.2) is 18.4 Å². The molecule has 28 heavy (non-hydrogen) atoms. The molecule has 6 heteroatoms. The summed E-state index contributed by atoms with van der Waals surface area (Å²) in [5, 5.41) is 14.0. The van der Waals surface area contributed by atoms with E-state index in [-0.39, 0.29) is 5.91 Å². The summed E-state index contributed by atoms with van der Waals surface area (Å²) in [7, 11) is 0. The van der Waals surface area contributed by atoms with Gasteiger partial charge in [-0.2, -0.15) is 5.26 Å². The number of hydrogen-bond donors (Lipinski definition) is 2. The van der Waals surface area contributed by atoms with E-state index in [1.807, 2.05) is 30.3 Å². The zero-order valence-electron chi connectivity index (χ0n) is 15.2. The topological polar surface area (TPSA) is 96.0 Å². The number of hydrogen-bond acceptors (Lipinski definition) is 4. The van der Waals surface area contributed by atoms with E-state index in [1.54, 1.807) is 18.2 Å². The smallest absolute Gasteiger partial charge is 0.261 e. The molecular weight excluding hydrogens is 370 g/mol. The SMILES string of the molecule is C=CCCCNC(=O)c1cc(C#N)c(-c2cccc3c(C(N)=O)cccc23)s1. The van der Waals surface area contributed by atoms with Crippen LogP contribution in [0.15, 0.2) is 55.1 Å². The maximum atomic E-state index is 12.4. The molecule has 0 saturated heterocycles. The number of rotatable bonds is 7. The Labute approximate surface area is 167 Å². The van der Waals surface area contributed by atoms with Crippen LogP contribution < -0.4 is 11.1 Å². The minimum atomic E-state index is -0.506. The van der Waals surface area contributed by atoms with E-state index in [2.05, 4.69) is 18.0 Å². The molecule has 3 N–H and O–H groups in total. The Balaban J connectivity index is 2.03. The Morgan fingerprint density at radius 1 is 1.21 bits per heavy atom. The number of nitrogens with two attached hydrogens (primary N) is 1. The van der Waals surface area contributed by atoms with Crippen molar-refractivity contribution >= 4 is 33.9 Å². The minimum Gasteiger partial charge on any atom is -0.366 e. The van der Waals surface area contributed by atoms with Crippen molar-refractivity contribution in [3.05, 3.63) is 71.1 Å². The second-order valence-corrected chi connectivity index (χ2v) is 7.27. The van der Waals surface area contributed by atoms with E-state index in [1.165, 1.54) is 11.3 Å². The maximum absolute atomic E-state index is 12.4. The number of nitrogens with one attached hydrogen (secondary N) is 1. The number of benzene rings is 2. The number of nitrogens with zero attached hydrogens (tertiary/aromatic N) is 1. The highest BCUT2D eigenvalue weighted by molar-refractivity contribution is 7.17. The molecule has 0 aliphatic carbocycles. The molecule has 0 atom stereocenters. The molecule has 0 spiro atoms. The fourth-order valence-corrected chi connectivity index (χ4v) is 4.11. The fourth-order valence-electron chi connectivity index (χ4n) is 3.04. The van der Waals surface area contributed by atoms with Crippen molar-refractivity contribution < 1.29 is 9.59 Å². The molecule has 5 nitrogen and oxygen atoms in total. The van der Waals surface area contributed by atoms with Gasteiger partial charge in [0.1, 0.15) is 6.07 Å². The number of primary amides is 1. The first-order valence-electron chi connectivity index (χ1n) is 8.81. The minimum absolute atomic E-state index is 0.199. The monoisotopic (exact) mass is 389 g/mol. The van der Waals surface area contributed by atoms with Crippen molar-refractivity contribution in [1.29, 1.82) is 5.26 Å². The lowest BCUT2D eigenvalue weighted by Crippen LogP contribution is -2.23. The van der Waals surface area contributed by atoms with Crippen molar-refractivity contribution in [2.75, 3.05) is 6.54 Å². The van der Waals surface area contributed by atoms with Gasteiger partial charge >= 0.3 is 0 Å². The lowest BCUT2D eigenvalue weighted by Gasteiger charge is -2.08. The Kier molecular flexibility index (Phi) is 5.87. The zero-order valence-corrected chi connectivity index (χ0v) is 16.0. The predicted octanol–water partition coefficient (Wildman–Crippen LogP) is 4.23. The molecule has 0 fully saturated rings. The van der Waals surface area contributed by atoms with Crippen LogP contribution in [0.25, 0.3) is 21.2 Å². The molecule has 3 aromatic rings. The molecule has 0 aliphatic rings. The molecule has 3 rings (SSSR count). The van der Waals surface area contributed by atoms with Crippen LogP contribution in [-0.2, 0) is 0 Å². The van der Waals surface area contributed by atoms with Gasteiger partial charge in [-0.05, 0) is 35.7 Å². The first-order chi connectivity index (χ1) is 13.6. The van der Waals surface area contributed by atoms with Crippen molar-refractivity contribution in [2.24, 2.45) is 5.73 Å². The van der Waals surface area contributed by atoms with Crippen LogP contribution in [0.2, 0.25) is 0 Å². The van der Waals surface area contributed by atoms with E-state index in [4.69, 9.17) is 5.73 Å². The molecule has 140 valence electrons. The summed E-state index contributed by atoms with van der Waals surface area (Å²) < 4.78 is 0. The molecule has 2 amide bonds. The summed E-state index contributed by atoms with van der Waals surface area (Å²) in [5.74, 6) is -0.705. The number of allylic oxidation sites excluding steroid dienone is 1. The molecule has 0 aliphatic heterocycles. The number of thiophene rings is 1. The molecule has 0 saturated carbocycles. The van der Waals surface area contributed by atoms with Crippen molar-refractivity contribution in [3.8, 4) is 16.5 Å². The van der Waals surface area contributed by atoms with E-state index in [0.29, 0.717) is 27.4 Å². The van der Waals surface area contributed by atoms with Gasteiger partial charge in [-0.15, -0.1) is 17.9 Å². The van der Waals surface area contributed by atoms with Crippen LogP contribution in [0.1, 0.15) is 38.4 Å². The molecule has 1 heterocycles. The average molecular weight is 389 g/mol.